The highest BCUT2D eigenvalue weighted by Crippen LogP contribution is 2.25. The van der Waals surface area contributed by atoms with Crippen molar-refractivity contribution in [3.63, 3.8) is 0 Å². The van der Waals surface area contributed by atoms with Crippen molar-refractivity contribution in [3.8, 4) is 5.75 Å². The average Bonchev–Trinajstić information content (AvgIpc) is 2.53. The third-order valence-electron chi connectivity index (χ3n) is 2.89. The quantitative estimate of drug-likeness (QED) is 0.331. The Morgan fingerprint density at radius 1 is 1.32 bits per heavy atom. The van der Waals surface area contributed by atoms with Gasteiger partial charge in [0, 0.05) is 18.2 Å². The number of thioether (sulfide) groups is 1. The summed E-state index contributed by atoms with van der Waals surface area (Å²) in [6.07, 6.45) is 1.52. The zero-order valence-electron chi connectivity index (χ0n) is 13.1. The van der Waals surface area contributed by atoms with Crippen molar-refractivity contribution in [2.24, 2.45) is 5.10 Å². The normalized spacial score (nSPS) is 12.0. The smallest absolute Gasteiger partial charge is 0.308 e. The number of methoxy groups -OCH3 is 2. The Bertz CT molecular complexity index is 531. The molecule has 120 valence electrons. The van der Waals surface area contributed by atoms with Crippen LogP contribution in [0.5, 0.6) is 5.75 Å². The molecule has 0 amide bonds. The van der Waals surface area contributed by atoms with Gasteiger partial charge in [0.2, 0.25) is 5.12 Å². The van der Waals surface area contributed by atoms with Crippen LogP contribution in [0.3, 0.4) is 0 Å². The van der Waals surface area contributed by atoms with Gasteiger partial charge in [0.15, 0.2) is 0 Å². The van der Waals surface area contributed by atoms with E-state index in [1.807, 2.05) is 0 Å². The van der Waals surface area contributed by atoms with Gasteiger partial charge in [-0.1, -0.05) is 0 Å². The molecule has 0 spiro atoms. The van der Waals surface area contributed by atoms with Crippen LogP contribution in [-0.4, -0.2) is 49.6 Å². The van der Waals surface area contributed by atoms with Crippen LogP contribution in [0.1, 0.15) is 13.3 Å². The number of ether oxygens (including phenoxy) is 2. The fourth-order valence-electron chi connectivity index (χ4n) is 1.70. The van der Waals surface area contributed by atoms with Crippen LogP contribution in [0.4, 0.5) is 0 Å². The van der Waals surface area contributed by atoms with E-state index in [2.05, 4.69) is 9.84 Å². The lowest BCUT2D eigenvalue weighted by Gasteiger charge is -2.22. The minimum absolute atomic E-state index is 0.0493. The Hall–Kier alpha value is -2.02. The van der Waals surface area contributed by atoms with Crippen LogP contribution >= 0.6 is 11.8 Å². The molecule has 0 aliphatic rings. The maximum absolute atomic E-state index is 12.4. The number of rotatable bonds is 7. The molecule has 0 aromatic heterocycles. The van der Waals surface area contributed by atoms with Crippen LogP contribution in [0.2, 0.25) is 0 Å². The number of hydrogen-bond donors (Lipinski definition) is 0. The number of nitrogens with zero attached hydrogens (tertiary/aromatic N) is 2. The fourth-order valence-corrected chi connectivity index (χ4v) is 2.58. The van der Waals surface area contributed by atoms with Gasteiger partial charge in [-0.3, -0.25) is 14.6 Å². The predicted molar refractivity (Wildman–Crippen MR) is 86.2 cm³/mol. The number of hydrazone groups is 1. The Balaban J connectivity index is 2.83. The van der Waals surface area contributed by atoms with Crippen molar-refractivity contribution in [1.29, 1.82) is 0 Å². The SMILES string of the molecule is CC=NN(C)C(CC(=O)OC)C(=O)Sc1ccc(OC)cc1. The van der Waals surface area contributed by atoms with Crippen LogP contribution in [0.25, 0.3) is 0 Å². The Kier molecular flexibility index (Phi) is 7.45. The van der Waals surface area contributed by atoms with Gasteiger partial charge in [-0.25, -0.2) is 0 Å². The fraction of sp³-hybridized carbons (Fsp3) is 0.400. The average molecular weight is 324 g/mol. The molecule has 1 unspecified atom stereocenters. The third kappa shape index (κ3) is 5.40. The lowest BCUT2D eigenvalue weighted by molar-refractivity contribution is -0.143. The van der Waals surface area contributed by atoms with Gasteiger partial charge >= 0.3 is 5.97 Å². The molecule has 0 N–H and O–H groups in total. The van der Waals surface area contributed by atoms with Gasteiger partial charge in [-0.2, -0.15) is 5.10 Å². The Labute approximate surface area is 134 Å². The van der Waals surface area contributed by atoms with Crippen molar-refractivity contribution in [1.82, 2.24) is 5.01 Å². The number of esters is 1. The highest BCUT2D eigenvalue weighted by atomic mass is 32.2. The van der Waals surface area contributed by atoms with E-state index >= 15 is 0 Å². The standard InChI is InChI=1S/C15H20N2O4S/c1-5-16-17(2)13(10-14(18)21-4)15(19)22-12-8-6-11(20-3)7-9-12/h5-9,13H,10H2,1-4H3. The number of benzene rings is 1. The van der Waals surface area contributed by atoms with Crippen molar-refractivity contribution < 1.29 is 19.1 Å². The second kappa shape index (κ2) is 9.09. The topological polar surface area (TPSA) is 68.2 Å². The highest BCUT2D eigenvalue weighted by molar-refractivity contribution is 8.13. The van der Waals surface area contributed by atoms with Gasteiger partial charge in [0.05, 0.1) is 20.6 Å². The minimum Gasteiger partial charge on any atom is -0.497 e. The zero-order chi connectivity index (χ0) is 16.5. The molecule has 0 aliphatic carbocycles. The summed E-state index contributed by atoms with van der Waals surface area (Å²) in [5, 5.41) is 5.34. The van der Waals surface area contributed by atoms with Gasteiger partial charge < -0.3 is 9.47 Å². The molecule has 7 heteroatoms. The summed E-state index contributed by atoms with van der Waals surface area (Å²) < 4.78 is 9.72. The van der Waals surface area contributed by atoms with Crippen molar-refractivity contribution >= 4 is 29.1 Å². The first kappa shape index (κ1) is 18.0. The van der Waals surface area contributed by atoms with E-state index in [9.17, 15) is 9.59 Å². The number of likely N-dealkylation sites (N-methyl/N-ethyl adjacent to an activating group) is 1. The summed E-state index contributed by atoms with van der Waals surface area (Å²) in [5.41, 5.74) is 0. The van der Waals surface area contributed by atoms with E-state index in [4.69, 9.17) is 4.74 Å². The number of carbonyl (C=O) groups is 2. The molecule has 1 aromatic carbocycles. The molecule has 0 saturated heterocycles. The van der Waals surface area contributed by atoms with Crippen LogP contribution in [0.15, 0.2) is 34.3 Å². The van der Waals surface area contributed by atoms with Crippen molar-refractivity contribution in [2.75, 3.05) is 21.3 Å². The largest absolute Gasteiger partial charge is 0.497 e. The summed E-state index contributed by atoms with van der Waals surface area (Å²) in [6.45, 7) is 1.74. The van der Waals surface area contributed by atoms with Crippen LogP contribution in [0, 0.1) is 0 Å². The van der Waals surface area contributed by atoms with Gasteiger partial charge in [-0.15, -0.1) is 0 Å². The maximum atomic E-state index is 12.4. The molecule has 0 bridgehead atoms. The Morgan fingerprint density at radius 2 is 1.95 bits per heavy atom. The second-order valence-corrected chi connectivity index (χ2v) is 5.42. The first-order chi connectivity index (χ1) is 10.5. The molecule has 0 fully saturated rings. The highest BCUT2D eigenvalue weighted by Gasteiger charge is 2.26. The molecule has 0 saturated carbocycles. The molecule has 0 heterocycles. The summed E-state index contributed by atoms with van der Waals surface area (Å²) in [5.74, 6) is 0.266. The van der Waals surface area contributed by atoms with Crippen LogP contribution < -0.4 is 4.74 Å². The van der Waals surface area contributed by atoms with Gasteiger partial charge in [0.1, 0.15) is 11.8 Å². The third-order valence-corrected chi connectivity index (χ3v) is 3.87. The number of carbonyl (C=O) groups excluding carboxylic acids is 2. The van der Waals surface area contributed by atoms with E-state index in [0.29, 0.717) is 0 Å². The molecule has 1 aromatic rings. The minimum atomic E-state index is -0.684. The van der Waals surface area contributed by atoms with Gasteiger partial charge in [-0.05, 0) is 43.0 Å². The van der Waals surface area contributed by atoms with E-state index in [1.54, 1.807) is 51.6 Å². The molecule has 0 radical (unpaired) electrons. The summed E-state index contributed by atoms with van der Waals surface area (Å²) in [7, 11) is 4.53. The molecule has 0 aliphatic heterocycles. The zero-order valence-corrected chi connectivity index (χ0v) is 13.9. The predicted octanol–water partition coefficient (Wildman–Crippen LogP) is 2.18. The van der Waals surface area contributed by atoms with Crippen LogP contribution in [-0.2, 0) is 14.3 Å². The summed E-state index contributed by atoms with van der Waals surface area (Å²) in [6, 6.07) is 6.45. The van der Waals surface area contributed by atoms with Crippen molar-refractivity contribution in [3.05, 3.63) is 24.3 Å². The maximum Gasteiger partial charge on any atom is 0.308 e. The molecule has 1 atom stereocenters. The molecule has 22 heavy (non-hydrogen) atoms. The first-order valence-corrected chi connectivity index (χ1v) is 7.47. The van der Waals surface area contributed by atoms with E-state index in [-0.39, 0.29) is 11.5 Å². The number of hydrogen-bond acceptors (Lipinski definition) is 7. The van der Waals surface area contributed by atoms with E-state index in [0.717, 1.165) is 22.4 Å². The van der Waals surface area contributed by atoms with E-state index in [1.165, 1.54) is 12.1 Å². The second-order valence-electron chi connectivity index (χ2n) is 4.34. The van der Waals surface area contributed by atoms with E-state index < -0.39 is 12.0 Å². The van der Waals surface area contributed by atoms with Crippen molar-refractivity contribution in [2.45, 2.75) is 24.3 Å². The Morgan fingerprint density at radius 3 is 2.45 bits per heavy atom. The first-order valence-electron chi connectivity index (χ1n) is 6.65. The lowest BCUT2D eigenvalue weighted by Crippen LogP contribution is -2.36. The lowest BCUT2D eigenvalue weighted by atomic mass is 10.2. The summed E-state index contributed by atoms with van der Waals surface area (Å²) in [4.78, 5) is 24.7. The molecular weight excluding hydrogens is 304 g/mol. The monoisotopic (exact) mass is 324 g/mol. The molecule has 1 rings (SSSR count). The molecular formula is C15H20N2O4S. The van der Waals surface area contributed by atoms with Gasteiger partial charge in [0.25, 0.3) is 0 Å². The molecule has 6 nitrogen and oxygen atoms in total. The summed E-state index contributed by atoms with van der Waals surface area (Å²) >= 11 is 1.06.